The van der Waals surface area contributed by atoms with Crippen molar-refractivity contribution in [1.82, 2.24) is 19.7 Å². The largest absolute Gasteiger partial charge is 0.388 e. The van der Waals surface area contributed by atoms with Crippen LogP contribution in [0.4, 0.5) is 0 Å². The number of benzene rings is 2. The van der Waals surface area contributed by atoms with Gasteiger partial charge in [-0.25, -0.2) is 14.6 Å². The van der Waals surface area contributed by atoms with Gasteiger partial charge in [-0.05, 0) is 24.3 Å². The van der Waals surface area contributed by atoms with Crippen LogP contribution in [0, 0.1) is 0 Å². The number of fused-ring (bicyclic) bond motifs is 2. The van der Waals surface area contributed by atoms with Gasteiger partial charge in [0.15, 0.2) is 5.65 Å². The van der Waals surface area contributed by atoms with E-state index in [4.69, 9.17) is 14.7 Å². The molecule has 7 heteroatoms. The van der Waals surface area contributed by atoms with Crippen LogP contribution in [0.25, 0.3) is 27.9 Å². The Hall–Kier alpha value is -2.87. The van der Waals surface area contributed by atoms with Gasteiger partial charge in [-0.1, -0.05) is 30.3 Å². The Labute approximate surface area is 148 Å². The lowest BCUT2D eigenvalue weighted by atomic mass is 10.1. The van der Waals surface area contributed by atoms with Crippen molar-refractivity contribution >= 4 is 22.2 Å². The van der Waals surface area contributed by atoms with E-state index in [2.05, 4.69) is 5.10 Å². The third-order valence-corrected chi connectivity index (χ3v) is 4.62. The molecule has 0 spiro atoms. The summed E-state index contributed by atoms with van der Waals surface area (Å²) in [5, 5.41) is 24.8. The zero-order chi connectivity index (χ0) is 17.7. The second kappa shape index (κ2) is 5.84. The number of para-hydroxylation sites is 3. The van der Waals surface area contributed by atoms with Gasteiger partial charge in [0.25, 0.3) is 0 Å². The summed E-state index contributed by atoms with van der Waals surface area (Å²) in [7, 11) is 0. The second-order valence-corrected chi connectivity index (χ2v) is 6.33. The summed E-state index contributed by atoms with van der Waals surface area (Å²) in [5.41, 5.74) is 3.96. The molecule has 2 aromatic heterocycles. The highest BCUT2D eigenvalue weighted by Crippen LogP contribution is 2.33. The van der Waals surface area contributed by atoms with Crippen molar-refractivity contribution in [2.45, 2.75) is 18.3 Å². The fraction of sp³-hybridized carbons (Fsp3) is 0.211. The average Bonchev–Trinajstić information content (AvgIpc) is 3.21. The fourth-order valence-electron chi connectivity index (χ4n) is 3.30. The molecular formula is C19H16N4O3. The quantitative estimate of drug-likeness (QED) is 0.573. The molecule has 0 unspecified atom stereocenters. The predicted octanol–water partition coefficient (Wildman–Crippen LogP) is 1.76. The zero-order valence-corrected chi connectivity index (χ0v) is 13.7. The van der Waals surface area contributed by atoms with Crippen molar-refractivity contribution in [1.29, 1.82) is 0 Å². The molecule has 1 aliphatic rings. The average molecular weight is 348 g/mol. The summed E-state index contributed by atoms with van der Waals surface area (Å²) in [5.74, 6) is 0. The Morgan fingerprint density at radius 1 is 0.923 bits per heavy atom. The summed E-state index contributed by atoms with van der Waals surface area (Å²) in [6, 6.07) is 17.2. The Morgan fingerprint density at radius 2 is 1.62 bits per heavy atom. The van der Waals surface area contributed by atoms with Crippen LogP contribution in [0.2, 0.25) is 0 Å². The van der Waals surface area contributed by atoms with Crippen molar-refractivity contribution in [2.75, 3.05) is 6.61 Å². The van der Waals surface area contributed by atoms with Gasteiger partial charge in [-0.15, -0.1) is 0 Å². The minimum absolute atomic E-state index is 0.0620. The molecule has 0 bridgehead atoms. The van der Waals surface area contributed by atoms with E-state index in [-0.39, 0.29) is 6.61 Å². The highest BCUT2D eigenvalue weighted by molar-refractivity contribution is 5.86. The lowest BCUT2D eigenvalue weighted by Gasteiger charge is -2.12. The lowest BCUT2D eigenvalue weighted by Crippen LogP contribution is -2.25. The van der Waals surface area contributed by atoms with Gasteiger partial charge in [0.2, 0.25) is 0 Å². The molecule has 3 atom stereocenters. The molecule has 0 amide bonds. The maximum atomic E-state index is 10.3. The summed E-state index contributed by atoms with van der Waals surface area (Å²) >= 11 is 0. The molecule has 1 aliphatic heterocycles. The van der Waals surface area contributed by atoms with E-state index >= 15 is 0 Å². The summed E-state index contributed by atoms with van der Waals surface area (Å²) in [4.78, 5) is 9.44. The van der Waals surface area contributed by atoms with Crippen molar-refractivity contribution in [3.05, 3.63) is 60.3 Å². The minimum atomic E-state index is -1.05. The van der Waals surface area contributed by atoms with Crippen LogP contribution in [0.5, 0.6) is 0 Å². The predicted molar refractivity (Wildman–Crippen MR) is 94.9 cm³/mol. The van der Waals surface area contributed by atoms with Gasteiger partial charge in [0.05, 0.1) is 23.3 Å². The first kappa shape index (κ1) is 15.4. The van der Waals surface area contributed by atoms with E-state index < -0.39 is 18.3 Å². The molecule has 130 valence electrons. The van der Waals surface area contributed by atoms with E-state index in [0.717, 1.165) is 16.7 Å². The Morgan fingerprint density at radius 3 is 2.31 bits per heavy atom. The number of rotatable bonds is 2. The normalized spacial score (nSPS) is 23.1. The molecule has 2 aromatic carbocycles. The highest BCUT2D eigenvalue weighted by atomic mass is 16.5. The third kappa shape index (κ3) is 2.29. The van der Waals surface area contributed by atoms with E-state index in [1.165, 1.54) is 0 Å². The van der Waals surface area contributed by atoms with Crippen LogP contribution >= 0.6 is 0 Å². The van der Waals surface area contributed by atoms with E-state index in [9.17, 15) is 10.2 Å². The molecule has 2 N–H and O–H groups in total. The smallest absolute Gasteiger partial charge is 0.182 e. The SMILES string of the molecule is O[C@H]1[C@H](O)CO[C@H]1c1nn(-c2ccccc2)c2nc3ccccc3nc12. The monoisotopic (exact) mass is 348 g/mol. The van der Waals surface area contributed by atoms with Crippen LogP contribution in [-0.2, 0) is 4.74 Å². The number of ether oxygens (including phenoxy) is 1. The van der Waals surface area contributed by atoms with Crippen molar-refractivity contribution in [2.24, 2.45) is 0 Å². The first-order chi connectivity index (χ1) is 12.7. The first-order valence-electron chi connectivity index (χ1n) is 8.41. The molecule has 1 fully saturated rings. The molecule has 1 saturated heterocycles. The Kier molecular flexibility index (Phi) is 3.46. The molecular weight excluding hydrogens is 332 g/mol. The van der Waals surface area contributed by atoms with Gasteiger partial charge in [-0.3, -0.25) is 0 Å². The topological polar surface area (TPSA) is 93.3 Å². The zero-order valence-electron chi connectivity index (χ0n) is 13.7. The molecule has 7 nitrogen and oxygen atoms in total. The van der Waals surface area contributed by atoms with Gasteiger partial charge in [0, 0.05) is 0 Å². The van der Waals surface area contributed by atoms with Gasteiger partial charge in [-0.2, -0.15) is 5.10 Å². The maximum absolute atomic E-state index is 10.3. The summed E-state index contributed by atoms with van der Waals surface area (Å²) in [6.07, 6.45) is -2.73. The third-order valence-electron chi connectivity index (χ3n) is 4.62. The van der Waals surface area contributed by atoms with Crippen molar-refractivity contribution in [3.63, 3.8) is 0 Å². The first-order valence-corrected chi connectivity index (χ1v) is 8.41. The second-order valence-electron chi connectivity index (χ2n) is 6.33. The van der Waals surface area contributed by atoms with Gasteiger partial charge >= 0.3 is 0 Å². The number of nitrogens with zero attached hydrogens (tertiary/aromatic N) is 4. The number of hydrogen-bond donors (Lipinski definition) is 2. The Balaban J connectivity index is 1.80. The van der Waals surface area contributed by atoms with E-state index in [0.29, 0.717) is 16.9 Å². The van der Waals surface area contributed by atoms with E-state index in [1.54, 1.807) is 4.68 Å². The number of aliphatic hydroxyl groups excluding tert-OH is 2. The lowest BCUT2D eigenvalue weighted by molar-refractivity contribution is 0.0209. The highest BCUT2D eigenvalue weighted by Gasteiger charge is 2.39. The Bertz CT molecular complexity index is 1100. The number of aliphatic hydroxyl groups is 2. The molecule has 0 saturated carbocycles. The molecule has 0 aliphatic carbocycles. The molecule has 26 heavy (non-hydrogen) atoms. The van der Waals surface area contributed by atoms with Crippen LogP contribution in [-0.4, -0.2) is 48.8 Å². The van der Waals surface area contributed by atoms with Crippen LogP contribution < -0.4 is 0 Å². The summed E-state index contributed by atoms with van der Waals surface area (Å²) in [6.45, 7) is 0.0620. The fourth-order valence-corrected chi connectivity index (χ4v) is 3.30. The minimum Gasteiger partial charge on any atom is -0.388 e. The summed E-state index contributed by atoms with van der Waals surface area (Å²) < 4.78 is 7.29. The molecule has 3 heterocycles. The van der Waals surface area contributed by atoms with Crippen LogP contribution in [0.1, 0.15) is 11.8 Å². The number of aromatic nitrogens is 4. The molecule has 4 aromatic rings. The van der Waals surface area contributed by atoms with Crippen molar-refractivity contribution < 1.29 is 14.9 Å². The number of hydrogen-bond acceptors (Lipinski definition) is 6. The standard InChI is InChI=1S/C19H16N4O3/c24-14-10-26-18(17(14)25)15-16-19(21-13-9-5-4-8-12(13)20-16)23(22-15)11-6-2-1-3-7-11/h1-9,14,17-18,24-25H,10H2/t14-,17+,18+/m1/s1. The van der Waals surface area contributed by atoms with E-state index in [1.807, 2.05) is 54.6 Å². The van der Waals surface area contributed by atoms with Crippen LogP contribution in [0.15, 0.2) is 54.6 Å². The molecule has 0 radical (unpaired) electrons. The van der Waals surface area contributed by atoms with Crippen molar-refractivity contribution in [3.8, 4) is 5.69 Å². The van der Waals surface area contributed by atoms with Gasteiger partial charge < -0.3 is 14.9 Å². The van der Waals surface area contributed by atoms with Crippen LogP contribution in [0.3, 0.4) is 0 Å². The molecule has 5 rings (SSSR count). The maximum Gasteiger partial charge on any atom is 0.182 e. The van der Waals surface area contributed by atoms with Gasteiger partial charge in [0.1, 0.15) is 29.5 Å².